The largest absolute Gasteiger partial charge is 0.103 e. The fraction of sp³-hybridized carbons (Fsp3) is 0.833. The van der Waals surface area contributed by atoms with Gasteiger partial charge in [0.1, 0.15) is 0 Å². The zero-order valence-corrected chi connectivity index (χ0v) is 9.19. The van der Waals surface area contributed by atoms with E-state index in [0.29, 0.717) is 5.41 Å². The van der Waals surface area contributed by atoms with Gasteiger partial charge in [0.15, 0.2) is 0 Å². The van der Waals surface area contributed by atoms with Crippen LogP contribution in [0.15, 0.2) is 12.7 Å². The molecule has 0 aliphatic heterocycles. The second kappa shape index (κ2) is 5.40. The summed E-state index contributed by atoms with van der Waals surface area (Å²) in [6, 6.07) is 0. The molecule has 0 aromatic carbocycles. The molecule has 0 amide bonds. The highest BCUT2D eigenvalue weighted by Gasteiger charge is 2.23. The molecular formula is C12H24. The van der Waals surface area contributed by atoms with Gasteiger partial charge in [0.2, 0.25) is 0 Å². The predicted molar refractivity (Wildman–Crippen MR) is 57.3 cm³/mol. The van der Waals surface area contributed by atoms with E-state index in [1.807, 2.05) is 6.92 Å². The van der Waals surface area contributed by atoms with Gasteiger partial charge in [0, 0.05) is 0 Å². The van der Waals surface area contributed by atoms with Gasteiger partial charge in [0.25, 0.3) is 0 Å². The molecule has 1 saturated carbocycles. The fourth-order valence-corrected chi connectivity index (χ4v) is 1.54. The molecule has 0 atom stereocenters. The second-order valence-electron chi connectivity index (χ2n) is 4.75. The average Bonchev–Trinajstić information content (AvgIpc) is 1.98. The first-order chi connectivity index (χ1) is 5.52. The molecule has 0 spiro atoms. The van der Waals surface area contributed by atoms with Crippen molar-refractivity contribution in [2.45, 2.75) is 53.4 Å². The molecule has 0 N–H and O–H groups in total. The molecule has 0 nitrogen and oxygen atoms in total. The molecule has 0 aromatic rings. The lowest BCUT2D eigenvalue weighted by molar-refractivity contribution is 0.201. The summed E-state index contributed by atoms with van der Waals surface area (Å²) in [6.07, 6.45) is 7.53. The molecule has 1 rings (SSSR count). The fourth-order valence-electron chi connectivity index (χ4n) is 1.54. The van der Waals surface area contributed by atoms with E-state index in [9.17, 15) is 0 Å². The normalized spacial score (nSPS) is 22.3. The number of hydrogen-bond acceptors (Lipinski definition) is 0. The Kier molecular flexibility index (Phi) is 5.28. The van der Waals surface area contributed by atoms with E-state index in [0.717, 1.165) is 5.92 Å². The maximum Gasteiger partial charge on any atom is -0.0354 e. The highest BCUT2D eigenvalue weighted by molar-refractivity contribution is 4.76. The lowest BCUT2D eigenvalue weighted by atomic mass is 9.74. The third-order valence-corrected chi connectivity index (χ3v) is 2.63. The van der Waals surface area contributed by atoms with Crippen LogP contribution in [0.3, 0.4) is 0 Å². The summed E-state index contributed by atoms with van der Waals surface area (Å²) in [6.45, 7) is 12.4. The van der Waals surface area contributed by atoms with Crippen molar-refractivity contribution in [2.75, 3.05) is 0 Å². The van der Waals surface area contributed by atoms with Gasteiger partial charge in [-0.15, -0.1) is 6.58 Å². The molecule has 0 radical (unpaired) electrons. The van der Waals surface area contributed by atoms with Gasteiger partial charge in [-0.3, -0.25) is 0 Å². The molecule has 0 heterocycles. The Morgan fingerprint density at radius 2 is 1.58 bits per heavy atom. The lowest BCUT2D eigenvalue weighted by Gasteiger charge is -2.32. The van der Waals surface area contributed by atoms with E-state index in [1.54, 1.807) is 6.08 Å². The molecule has 0 unspecified atom stereocenters. The van der Waals surface area contributed by atoms with E-state index in [2.05, 4.69) is 27.4 Å². The average molecular weight is 168 g/mol. The van der Waals surface area contributed by atoms with Crippen LogP contribution in [0, 0.1) is 11.3 Å². The lowest BCUT2D eigenvalue weighted by Crippen LogP contribution is -2.19. The molecule has 1 aliphatic carbocycles. The van der Waals surface area contributed by atoms with Crippen molar-refractivity contribution >= 4 is 0 Å². The Bertz CT molecular complexity index is 112. The molecule has 1 aliphatic rings. The molecule has 0 bridgehead atoms. The Morgan fingerprint density at radius 3 is 1.83 bits per heavy atom. The summed E-state index contributed by atoms with van der Waals surface area (Å²) in [5.41, 5.74) is 0.659. The minimum Gasteiger partial charge on any atom is -0.103 e. The van der Waals surface area contributed by atoms with Gasteiger partial charge < -0.3 is 0 Å². The van der Waals surface area contributed by atoms with Crippen LogP contribution in [0.1, 0.15) is 53.4 Å². The van der Waals surface area contributed by atoms with Crippen molar-refractivity contribution < 1.29 is 0 Å². The van der Waals surface area contributed by atoms with E-state index >= 15 is 0 Å². The highest BCUT2D eigenvalue weighted by Crippen LogP contribution is 2.37. The van der Waals surface area contributed by atoms with Gasteiger partial charge in [-0.1, -0.05) is 39.7 Å². The monoisotopic (exact) mass is 168 g/mol. The van der Waals surface area contributed by atoms with Gasteiger partial charge in [-0.25, -0.2) is 0 Å². The van der Waals surface area contributed by atoms with Gasteiger partial charge in [-0.2, -0.15) is 0 Å². The summed E-state index contributed by atoms with van der Waals surface area (Å²) in [4.78, 5) is 0. The quantitative estimate of drug-likeness (QED) is 0.470. The van der Waals surface area contributed by atoms with Crippen LogP contribution < -0.4 is 0 Å². The number of rotatable bonds is 0. The number of allylic oxidation sites excluding steroid dienone is 1. The van der Waals surface area contributed by atoms with Crippen molar-refractivity contribution in [2.24, 2.45) is 11.3 Å². The van der Waals surface area contributed by atoms with E-state index < -0.39 is 0 Å². The summed E-state index contributed by atoms with van der Waals surface area (Å²) in [7, 11) is 0. The highest BCUT2D eigenvalue weighted by atomic mass is 14.3. The molecular weight excluding hydrogens is 144 g/mol. The summed E-state index contributed by atoms with van der Waals surface area (Å²) >= 11 is 0. The maximum absolute atomic E-state index is 3.36. The van der Waals surface area contributed by atoms with Gasteiger partial charge in [-0.05, 0) is 31.1 Å². The summed E-state index contributed by atoms with van der Waals surface area (Å²) < 4.78 is 0. The smallest absolute Gasteiger partial charge is 0.0354 e. The second-order valence-corrected chi connectivity index (χ2v) is 4.75. The molecule has 0 aromatic heterocycles. The molecule has 0 saturated heterocycles. The van der Waals surface area contributed by atoms with Gasteiger partial charge >= 0.3 is 0 Å². The van der Waals surface area contributed by atoms with Crippen molar-refractivity contribution in [1.82, 2.24) is 0 Å². The molecule has 72 valence electrons. The standard InChI is InChI=1S/C9H18.C3H6/c1-8-4-6-9(2,3)7-5-8;1-3-2/h8H,4-7H2,1-3H3;3H,1H2,2H3. The van der Waals surface area contributed by atoms with Crippen LogP contribution in [0.4, 0.5) is 0 Å². The van der Waals surface area contributed by atoms with Crippen LogP contribution in [-0.4, -0.2) is 0 Å². The van der Waals surface area contributed by atoms with Crippen molar-refractivity contribution in [1.29, 1.82) is 0 Å². The molecule has 12 heavy (non-hydrogen) atoms. The first kappa shape index (κ1) is 11.7. The van der Waals surface area contributed by atoms with Crippen LogP contribution >= 0.6 is 0 Å². The van der Waals surface area contributed by atoms with Crippen LogP contribution in [0.25, 0.3) is 0 Å². The third kappa shape index (κ3) is 5.40. The third-order valence-electron chi connectivity index (χ3n) is 2.63. The first-order valence-corrected chi connectivity index (χ1v) is 5.09. The minimum absolute atomic E-state index is 0.659. The van der Waals surface area contributed by atoms with E-state index in [4.69, 9.17) is 0 Å². The van der Waals surface area contributed by atoms with Crippen LogP contribution in [0.5, 0.6) is 0 Å². The Morgan fingerprint density at radius 1 is 1.25 bits per heavy atom. The van der Waals surface area contributed by atoms with Crippen molar-refractivity contribution in [3.8, 4) is 0 Å². The molecule has 0 heteroatoms. The zero-order valence-electron chi connectivity index (χ0n) is 9.19. The summed E-state index contributed by atoms with van der Waals surface area (Å²) in [5.74, 6) is 0.998. The molecule has 1 fully saturated rings. The van der Waals surface area contributed by atoms with E-state index in [-0.39, 0.29) is 0 Å². The Balaban J connectivity index is 0.000000354. The van der Waals surface area contributed by atoms with Crippen LogP contribution in [-0.2, 0) is 0 Å². The first-order valence-electron chi connectivity index (χ1n) is 5.09. The van der Waals surface area contributed by atoms with E-state index in [1.165, 1.54) is 25.7 Å². The Labute approximate surface area is 78.1 Å². The van der Waals surface area contributed by atoms with Gasteiger partial charge in [0.05, 0.1) is 0 Å². The van der Waals surface area contributed by atoms with Crippen molar-refractivity contribution in [3.63, 3.8) is 0 Å². The minimum atomic E-state index is 0.659. The van der Waals surface area contributed by atoms with Crippen molar-refractivity contribution in [3.05, 3.63) is 12.7 Å². The zero-order chi connectivity index (χ0) is 9.61. The summed E-state index contributed by atoms with van der Waals surface area (Å²) in [5, 5.41) is 0. The Hall–Kier alpha value is -0.260. The topological polar surface area (TPSA) is 0 Å². The predicted octanol–water partition coefficient (Wildman–Crippen LogP) is 4.42. The SMILES string of the molecule is C=CC.CC1CCC(C)(C)CC1. The van der Waals surface area contributed by atoms with Crippen LogP contribution in [0.2, 0.25) is 0 Å². The number of hydrogen-bond donors (Lipinski definition) is 0. The maximum atomic E-state index is 3.36.